The average Bonchev–Trinajstić information content (AvgIpc) is 2.81. The van der Waals surface area contributed by atoms with Gasteiger partial charge in [-0.25, -0.2) is 9.69 Å². The number of halogens is 1. The van der Waals surface area contributed by atoms with Crippen LogP contribution in [0.15, 0.2) is 53.2 Å². The lowest BCUT2D eigenvalue weighted by atomic mass is 10.1. The van der Waals surface area contributed by atoms with Gasteiger partial charge in [-0.15, -0.1) is 0 Å². The molecule has 1 heterocycles. The van der Waals surface area contributed by atoms with E-state index in [9.17, 15) is 14.4 Å². The summed E-state index contributed by atoms with van der Waals surface area (Å²) in [4.78, 5) is 37.4. The number of hydrogen-bond acceptors (Lipinski definition) is 4. The van der Waals surface area contributed by atoms with Crippen LogP contribution in [0.4, 0.5) is 11.4 Å². The number of carbonyl (C=O) groups is 3. The molecule has 0 saturated heterocycles. The number of carbonyl (C=O) groups excluding carboxylic acids is 2. The van der Waals surface area contributed by atoms with Crippen molar-refractivity contribution in [1.82, 2.24) is 0 Å². The van der Waals surface area contributed by atoms with E-state index in [0.717, 1.165) is 16.0 Å². The van der Waals surface area contributed by atoms with Crippen molar-refractivity contribution in [2.75, 3.05) is 10.2 Å². The SMILES string of the molecule is Cc1cccc(N2C(=O)C(Cl)=C(Nc3cccc(C(=O)O)c3)C2=O)c1C. The molecule has 2 aromatic carbocycles. The molecule has 3 rings (SSSR count). The first kappa shape index (κ1) is 17.7. The molecule has 0 fully saturated rings. The lowest BCUT2D eigenvalue weighted by Crippen LogP contribution is -2.33. The fraction of sp³-hybridized carbons (Fsp3) is 0.105. The second-order valence-electron chi connectivity index (χ2n) is 5.86. The Labute approximate surface area is 154 Å². The molecule has 6 nitrogen and oxygen atoms in total. The summed E-state index contributed by atoms with van der Waals surface area (Å²) in [7, 11) is 0. The van der Waals surface area contributed by atoms with E-state index in [0.29, 0.717) is 11.4 Å². The Kier molecular flexibility index (Phi) is 4.52. The molecular formula is C19H15ClN2O4. The smallest absolute Gasteiger partial charge is 0.335 e. The quantitative estimate of drug-likeness (QED) is 0.805. The Balaban J connectivity index is 1.96. The minimum absolute atomic E-state index is 0.0508. The summed E-state index contributed by atoms with van der Waals surface area (Å²) in [6.45, 7) is 3.70. The zero-order chi connectivity index (χ0) is 19.0. The van der Waals surface area contributed by atoms with Crippen LogP contribution in [0.2, 0.25) is 0 Å². The summed E-state index contributed by atoms with van der Waals surface area (Å²) in [6, 6.07) is 11.2. The van der Waals surface area contributed by atoms with Crippen molar-refractivity contribution in [3.63, 3.8) is 0 Å². The topological polar surface area (TPSA) is 86.7 Å². The van der Waals surface area contributed by atoms with Crippen LogP contribution >= 0.6 is 11.6 Å². The monoisotopic (exact) mass is 370 g/mol. The first-order valence-electron chi connectivity index (χ1n) is 7.76. The van der Waals surface area contributed by atoms with E-state index in [1.54, 1.807) is 18.2 Å². The van der Waals surface area contributed by atoms with Crippen molar-refractivity contribution in [2.24, 2.45) is 0 Å². The average molecular weight is 371 g/mol. The van der Waals surface area contributed by atoms with Crippen LogP contribution in [0.5, 0.6) is 0 Å². The number of aromatic carboxylic acids is 1. The van der Waals surface area contributed by atoms with Crippen LogP contribution in [0.1, 0.15) is 21.5 Å². The van der Waals surface area contributed by atoms with Gasteiger partial charge in [0.1, 0.15) is 10.7 Å². The normalized spacial score (nSPS) is 14.2. The highest BCUT2D eigenvalue weighted by Crippen LogP contribution is 2.32. The maximum Gasteiger partial charge on any atom is 0.335 e. The molecule has 1 aliphatic heterocycles. The molecule has 0 unspecified atom stereocenters. The van der Waals surface area contributed by atoms with Crippen LogP contribution in [0, 0.1) is 13.8 Å². The van der Waals surface area contributed by atoms with Gasteiger partial charge in [-0.2, -0.15) is 0 Å². The van der Waals surface area contributed by atoms with Crippen LogP contribution in [0.3, 0.4) is 0 Å². The number of benzene rings is 2. The van der Waals surface area contributed by atoms with Gasteiger partial charge in [0, 0.05) is 5.69 Å². The molecule has 0 saturated carbocycles. The number of hydrogen-bond donors (Lipinski definition) is 2. The highest BCUT2D eigenvalue weighted by molar-refractivity contribution is 6.53. The minimum atomic E-state index is -1.10. The molecule has 2 amide bonds. The van der Waals surface area contributed by atoms with Gasteiger partial charge in [0.2, 0.25) is 0 Å². The summed E-state index contributed by atoms with van der Waals surface area (Å²) in [5, 5.41) is 11.6. The number of amides is 2. The first-order chi connectivity index (χ1) is 12.3. The van der Waals surface area contributed by atoms with Gasteiger partial charge in [-0.1, -0.05) is 29.8 Å². The predicted molar refractivity (Wildman–Crippen MR) is 98.3 cm³/mol. The lowest BCUT2D eigenvalue weighted by molar-refractivity contribution is -0.120. The molecule has 2 N–H and O–H groups in total. The number of carboxylic acids is 1. The van der Waals surface area contributed by atoms with E-state index in [1.807, 2.05) is 19.9 Å². The summed E-state index contributed by atoms with van der Waals surface area (Å²) in [5.74, 6) is -2.31. The highest BCUT2D eigenvalue weighted by Gasteiger charge is 2.39. The van der Waals surface area contributed by atoms with Crippen molar-refractivity contribution in [3.8, 4) is 0 Å². The molecule has 0 aliphatic carbocycles. The Bertz CT molecular complexity index is 981. The number of carboxylic acid groups (broad SMARTS) is 1. The number of aryl methyl sites for hydroxylation is 1. The van der Waals surface area contributed by atoms with Gasteiger partial charge in [0.15, 0.2) is 0 Å². The number of rotatable bonds is 4. The molecule has 0 atom stereocenters. The third kappa shape index (κ3) is 2.95. The van der Waals surface area contributed by atoms with Gasteiger partial charge >= 0.3 is 5.97 Å². The zero-order valence-electron chi connectivity index (χ0n) is 14.0. The van der Waals surface area contributed by atoms with E-state index in [-0.39, 0.29) is 16.3 Å². The van der Waals surface area contributed by atoms with Crippen molar-refractivity contribution >= 4 is 40.8 Å². The fourth-order valence-electron chi connectivity index (χ4n) is 2.68. The number of nitrogens with one attached hydrogen (secondary N) is 1. The summed E-state index contributed by atoms with van der Waals surface area (Å²) in [5.41, 5.74) is 2.52. The minimum Gasteiger partial charge on any atom is -0.478 e. The largest absolute Gasteiger partial charge is 0.478 e. The second kappa shape index (κ2) is 6.65. The van der Waals surface area contributed by atoms with Gasteiger partial charge in [0.05, 0.1) is 11.3 Å². The standard InChI is InChI=1S/C19H15ClN2O4/c1-10-5-3-8-14(11(10)2)22-17(23)15(20)16(18(22)24)21-13-7-4-6-12(9-13)19(25)26/h3-9,21H,1-2H3,(H,25,26). The Morgan fingerprint density at radius 3 is 2.46 bits per heavy atom. The lowest BCUT2D eigenvalue weighted by Gasteiger charge is -2.18. The third-order valence-electron chi connectivity index (χ3n) is 4.22. The van der Waals surface area contributed by atoms with Gasteiger partial charge in [-0.05, 0) is 49.2 Å². The van der Waals surface area contributed by atoms with E-state index >= 15 is 0 Å². The molecule has 2 aromatic rings. The first-order valence-corrected chi connectivity index (χ1v) is 8.14. The predicted octanol–water partition coefficient (Wildman–Crippen LogP) is 3.44. The van der Waals surface area contributed by atoms with E-state index < -0.39 is 17.8 Å². The summed E-state index contributed by atoms with van der Waals surface area (Å²) >= 11 is 6.10. The van der Waals surface area contributed by atoms with Crippen LogP contribution < -0.4 is 10.2 Å². The summed E-state index contributed by atoms with van der Waals surface area (Å²) < 4.78 is 0. The molecule has 0 bridgehead atoms. The maximum absolute atomic E-state index is 12.8. The molecule has 1 aliphatic rings. The molecular weight excluding hydrogens is 356 g/mol. The Morgan fingerprint density at radius 1 is 1.08 bits per heavy atom. The molecule has 7 heteroatoms. The number of anilines is 2. The van der Waals surface area contributed by atoms with E-state index in [4.69, 9.17) is 16.7 Å². The van der Waals surface area contributed by atoms with Gasteiger partial charge < -0.3 is 10.4 Å². The number of imide groups is 1. The number of nitrogens with zero attached hydrogens (tertiary/aromatic N) is 1. The zero-order valence-corrected chi connectivity index (χ0v) is 14.8. The molecule has 0 radical (unpaired) electrons. The van der Waals surface area contributed by atoms with Crippen LogP contribution in [-0.4, -0.2) is 22.9 Å². The highest BCUT2D eigenvalue weighted by atomic mass is 35.5. The molecule has 26 heavy (non-hydrogen) atoms. The van der Waals surface area contributed by atoms with Crippen molar-refractivity contribution in [3.05, 3.63) is 69.9 Å². The van der Waals surface area contributed by atoms with Crippen molar-refractivity contribution in [1.29, 1.82) is 0 Å². The third-order valence-corrected chi connectivity index (χ3v) is 4.57. The van der Waals surface area contributed by atoms with E-state index in [2.05, 4.69) is 5.32 Å². The fourth-order valence-corrected chi connectivity index (χ4v) is 2.89. The van der Waals surface area contributed by atoms with Crippen molar-refractivity contribution < 1.29 is 19.5 Å². The van der Waals surface area contributed by atoms with E-state index in [1.165, 1.54) is 18.2 Å². The van der Waals surface area contributed by atoms with Crippen molar-refractivity contribution in [2.45, 2.75) is 13.8 Å². The maximum atomic E-state index is 12.8. The van der Waals surface area contributed by atoms with Gasteiger partial charge in [0.25, 0.3) is 11.8 Å². The Hall–Kier alpha value is -3.12. The van der Waals surface area contributed by atoms with Gasteiger partial charge in [-0.3, -0.25) is 9.59 Å². The summed E-state index contributed by atoms with van der Waals surface area (Å²) in [6.07, 6.45) is 0. The second-order valence-corrected chi connectivity index (χ2v) is 6.24. The Morgan fingerprint density at radius 2 is 1.77 bits per heavy atom. The van der Waals surface area contributed by atoms with Crippen LogP contribution in [-0.2, 0) is 9.59 Å². The molecule has 132 valence electrons. The van der Waals surface area contributed by atoms with Crippen LogP contribution in [0.25, 0.3) is 0 Å². The molecule has 0 spiro atoms. The molecule has 0 aromatic heterocycles.